The fraction of sp³-hybridized carbons (Fsp3) is 0.133. The molecular formula is C30H23ClO3S. The van der Waals surface area contributed by atoms with Crippen LogP contribution in [0.15, 0.2) is 101 Å². The Morgan fingerprint density at radius 1 is 0.829 bits per heavy atom. The molecule has 0 fully saturated rings. The summed E-state index contributed by atoms with van der Waals surface area (Å²) in [5.74, 6) is -0.214. The van der Waals surface area contributed by atoms with Crippen molar-refractivity contribution in [2.45, 2.75) is 28.6 Å². The van der Waals surface area contributed by atoms with Crippen LogP contribution in [0.4, 0.5) is 0 Å². The molecule has 0 unspecified atom stereocenters. The number of fused-ring (bicyclic) bond motifs is 3. The molecule has 1 aliphatic rings. The Morgan fingerprint density at radius 3 is 2.17 bits per heavy atom. The molecule has 0 heterocycles. The van der Waals surface area contributed by atoms with Crippen molar-refractivity contribution in [3.8, 4) is 11.1 Å². The van der Waals surface area contributed by atoms with Gasteiger partial charge in [-0.1, -0.05) is 96.2 Å². The van der Waals surface area contributed by atoms with Gasteiger partial charge >= 0.3 is 5.97 Å². The number of carbonyl (C=O) groups is 2. The summed E-state index contributed by atoms with van der Waals surface area (Å²) in [4.78, 5) is 26.0. The van der Waals surface area contributed by atoms with Crippen LogP contribution < -0.4 is 0 Å². The summed E-state index contributed by atoms with van der Waals surface area (Å²) < 4.78 is 5.76. The molecule has 0 amide bonds. The van der Waals surface area contributed by atoms with E-state index in [1.165, 1.54) is 34.0 Å². The zero-order chi connectivity index (χ0) is 24.2. The molecule has 5 heteroatoms. The summed E-state index contributed by atoms with van der Waals surface area (Å²) in [6.07, 6.45) is 1.54. The Morgan fingerprint density at radius 2 is 1.46 bits per heavy atom. The van der Waals surface area contributed by atoms with E-state index in [-0.39, 0.29) is 18.3 Å². The number of carbonyl (C=O) groups excluding carboxylic acids is 2. The molecule has 4 aromatic carbocycles. The van der Waals surface area contributed by atoms with Crippen molar-refractivity contribution in [3.05, 3.63) is 118 Å². The summed E-state index contributed by atoms with van der Waals surface area (Å²) in [5.41, 5.74) is 6.31. The molecule has 174 valence electrons. The monoisotopic (exact) mass is 498 g/mol. The lowest BCUT2D eigenvalue weighted by atomic mass is 9.98. The second kappa shape index (κ2) is 10.5. The number of hydrogen-bond donors (Lipinski definition) is 0. The number of benzene rings is 4. The van der Waals surface area contributed by atoms with Gasteiger partial charge in [-0.15, -0.1) is 0 Å². The standard InChI is InChI=1S/C30H23ClO3S/c31-27-13-7-15-29(35-28-14-6-1-8-20(28)18-32)25(27)16-17-30(33)34-19-26-23-11-4-2-9-21(23)22-10-3-5-12-24(22)26/h1-15,18,26H,16-17,19H2. The first-order valence-corrected chi connectivity index (χ1v) is 12.7. The highest BCUT2D eigenvalue weighted by atomic mass is 35.5. The van der Waals surface area contributed by atoms with E-state index in [4.69, 9.17) is 16.3 Å². The highest BCUT2D eigenvalue weighted by Crippen LogP contribution is 2.44. The number of esters is 1. The molecule has 0 radical (unpaired) electrons. The second-order valence-electron chi connectivity index (χ2n) is 8.38. The van der Waals surface area contributed by atoms with Crippen LogP contribution in [0.5, 0.6) is 0 Å². The van der Waals surface area contributed by atoms with Gasteiger partial charge in [-0.25, -0.2) is 0 Å². The van der Waals surface area contributed by atoms with Gasteiger partial charge in [0.15, 0.2) is 6.29 Å². The topological polar surface area (TPSA) is 43.4 Å². The van der Waals surface area contributed by atoms with E-state index in [0.29, 0.717) is 23.6 Å². The predicted octanol–water partition coefficient (Wildman–Crippen LogP) is 7.59. The minimum Gasteiger partial charge on any atom is -0.465 e. The summed E-state index contributed by atoms with van der Waals surface area (Å²) >= 11 is 7.99. The van der Waals surface area contributed by atoms with Gasteiger partial charge in [0.1, 0.15) is 6.61 Å². The fourth-order valence-electron chi connectivity index (χ4n) is 4.58. The van der Waals surface area contributed by atoms with E-state index < -0.39 is 0 Å². The molecule has 0 saturated heterocycles. The number of halogens is 1. The summed E-state index contributed by atoms with van der Waals surface area (Å²) in [7, 11) is 0. The minimum absolute atomic E-state index is 0.0395. The third kappa shape index (κ3) is 4.90. The fourth-order valence-corrected chi connectivity index (χ4v) is 6.01. The zero-order valence-electron chi connectivity index (χ0n) is 18.9. The van der Waals surface area contributed by atoms with Crippen molar-refractivity contribution in [2.75, 3.05) is 6.61 Å². The molecule has 0 saturated carbocycles. The van der Waals surface area contributed by atoms with Crippen LogP contribution in [-0.2, 0) is 16.0 Å². The molecule has 0 bridgehead atoms. The van der Waals surface area contributed by atoms with Gasteiger partial charge in [-0.2, -0.15) is 0 Å². The average Bonchev–Trinajstić information content (AvgIpc) is 3.21. The Hall–Kier alpha value is -3.34. The van der Waals surface area contributed by atoms with Crippen LogP contribution >= 0.6 is 23.4 Å². The van der Waals surface area contributed by atoms with Gasteiger partial charge in [0.05, 0.1) is 0 Å². The van der Waals surface area contributed by atoms with Crippen molar-refractivity contribution in [3.63, 3.8) is 0 Å². The highest BCUT2D eigenvalue weighted by Gasteiger charge is 2.29. The van der Waals surface area contributed by atoms with Crippen molar-refractivity contribution in [2.24, 2.45) is 0 Å². The predicted molar refractivity (Wildman–Crippen MR) is 140 cm³/mol. The Labute approximate surface area is 214 Å². The van der Waals surface area contributed by atoms with Crippen LogP contribution in [0.25, 0.3) is 11.1 Å². The van der Waals surface area contributed by atoms with Gasteiger partial charge in [-0.3, -0.25) is 9.59 Å². The average molecular weight is 499 g/mol. The number of aldehydes is 1. The summed E-state index contributed by atoms with van der Waals surface area (Å²) in [5, 5.41) is 0.602. The molecule has 0 atom stereocenters. The molecule has 0 N–H and O–H groups in total. The molecule has 0 aliphatic heterocycles. The third-order valence-corrected chi connectivity index (χ3v) is 7.84. The Bertz CT molecular complexity index is 1350. The Balaban J connectivity index is 1.27. The third-order valence-electron chi connectivity index (χ3n) is 6.29. The van der Waals surface area contributed by atoms with Crippen molar-refractivity contribution < 1.29 is 14.3 Å². The van der Waals surface area contributed by atoms with E-state index in [0.717, 1.165) is 21.6 Å². The maximum Gasteiger partial charge on any atom is 0.306 e. The molecule has 5 rings (SSSR count). The summed E-state index contributed by atoms with van der Waals surface area (Å²) in [6.45, 7) is 0.309. The number of rotatable bonds is 8. The number of hydrogen-bond acceptors (Lipinski definition) is 4. The van der Waals surface area contributed by atoms with Crippen LogP contribution in [0.2, 0.25) is 5.02 Å². The first kappa shape index (κ1) is 23.4. The van der Waals surface area contributed by atoms with E-state index in [1.54, 1.807) is 6.07 Å². The quantitative estimate of drug-likeness (QED) is 0.185. The van der Waals surface area contributed by atoms with Crippen LogP contribution in [-0.4, -0.2) is 18.9 Å². The maximum atomic E-state index is 12.8. The van der Waals surface area contributed by atoms with Gasteiger partial charge < -0.3 is 4.74 Å². The molecule has 4 aromatic rings. The molecule has 0 aromatic heterocycles. The highest BCUT2D eigenvalue weighted by molar-refractivity contribution is 7.99. The van der Waals surface area contributed by atoms with Gasteiger partial charge in [0, 0.05) is 32.7 Å². The van der Waals surface area contributed by atoms with Crippen LogP contribution in [0.3, 0.4) is 0 Å². The lowest BCUT2D eigenvalue weighted by molar-refractivity contribution is -0.143. The van der Waals surface area contributed by atoms with Crippen molar-refractivity contribution in [1.82, 2.24) is 0 Å². The normalized spacial score (nSPS) is 12.1. The van der Waals surface area contributed by atoms with E-state index >= 15 is 0 Å². The first-order valence-electron chi connectivity index (χ1n) is 11.5. The lowest BCUT2D eigenvalue weighted by Crippen LogP contribution is -2.13. The smallest absolute Gasteiger partial charge is 0.306 e. The maximum absolute atomic E-state index is 12.8. The van der Waals surface area contributed by atoms with E-state index in [9.17, 15) is 9.59 Å². The van der Waals surface area contributed by atoms with Gasteiger partial charge in [0.2, 0.25) is 0 Å². The second-order valence-corrected chi connectivity index (χ2v) is 9.88. The van der Waals surface area contributed by atoms with Crippen molar-refractivity contribution >= 4 is 35.6 Å². The minimum atomic E-state index is -0.254. The molecular weight excluding hydrogens is 476 g/mol. The van der Waals surface area contributed by atoms with Crippen LogP contribution in [0, 0.1) is 0 Å². The molecule has 35 heavy (non-hydrogen) atoms. The SMILES string of the molecule is O=Cc1ccccc1Sc1cccc(Cl)c1CCC(=O)OCC1c2ccccc2-c2ccccc21. The molecule has 0 spiro atoms. The Kier molecular flexibility index (Phi) is 7.03. The van der Waals surface area contributed by atoms with E-state index in [1.807, 2.05) is 60.7 Å². The largest absolute Gasteiger partial charge is 0.465 e. The van der Waals surface area contributed by atoms with Gasteiger partial charge in [-0.05, 0) is 52.4 Å². The lowest BCUT2D eigenvalue weighted by Gasteiger charge is -2.15. The van der Waals surface area contributed by atoms with E-state index in [2.05, 4.69) is 24.3 Å². The first-order chi connectivity index (χ1) is 17.2. The van der Waals surface area contributed by atoms with Gasteiger partial charge in [0.25, 0.3) is 0 Å². The number of ether oxygens (including phenoxy) is 1. The zero-order valence-corrected chi connectivity index (χ0v) is 20.5. The molecule has 1 aliphatic carbocycles. The van der Waals surface area contributed by atoms with Crippen LogP contribution in [0.1, 0.15) is 39.4 Å². The summed E-state index contributed by atoms with van der Waals surface area (Å²) in [6, 6.07) is 29.7. The van der Waals surface area contributed by atoms with Crippen molar-refractivity contribution in [1.29, 1.82) is 0 Å². The molecule has 3 nitrogen and oxygen atoms in total.